The van der Waals surface area contributed by atoms with E-state index in [1.165, 1.54) is 0 Å². The fraction of sp³-hybridized carbons (Fsp3) is 0.692. The number of rotatable bonds is 2. The van der Waals surface area contributed by atoms with Crippen molar-refractivity contribution in [3.05, 3.63) is 12.2 Å². The van der Waals surface area contributed by atoms with Gasteiger partial charge in [-0.1, -0.05) is 12.2 Å². The summed E-state index contributed by atoms with van der Waals surface area (Å²) in [6.07, 6.45) is 2.78. The van der Waals surface area contributed by atoms with Crippen molar-refractivity contribution in [2.45, 2.75) is 12.2 Å². The molecule has 0 saturated carbocycles. The Labute approximate surface area is 111 Å². The third-order valence-corrected chi connectivity index (χ3v) is 4.28. The summed E-state index contributed by atoms with van der Waals surface area (Å²) in [5.41, 5.74) is 0. The first-order valence-electron chi connectivity index (χ1n) is 6.62. The number of nitrogens with zero attached hydrogens (tertiary/aromatic N) is 2. The van der Waals surface area contributed by atoms with E-state index in [9.17, 15) is 14.7 Å². The number of piperazine rings is 1. The van der Waals surface area contributed by atoms with Crippen molar-refractivity contribution in [3.63, 3.8) is 0 Å². The van der Waals surface area contributed by atoms with Gasteiger partial charge in [-0.15, -0.1) is 0 Å². The van der Waals surface area contributed by atoms with Crippen molar-refractivity contribution in [1.29, 1.82) is 0 Å². The van der Waals surface area contributed by atoms with E-state index in [-0.39, 0.29) is 12.0 Å². The van der Waals surface area contributed by atoms with Crippen LogP contribution in [0, 0.1) is 11.8 Å². The Hall–Kier alpha value is -1.40. The summed E-state index contributed by atoms with van der Waals surface area (Å²) in [4.78, 5) is 27.8. The van der Waals surface area contributed by atoms with Crippen LogP contribution >= 0.6 is 0 Å². The topological polar surface area (TPSA) is 70.1 Å². The van der Waals surface area contributed by atoms with Gasteiger partial charge in [0.05, 0.1) is 18.1 Å². The van der Waals surface area contributed by atoms with Crippen molar-refractivity contribution in [2.24, 2.45) is 11.8 Å². The second kappa shape index (κ2) is 4.61. The number of likely N-dealkylation sites (N-methyl/N-ethyl adjacent to an activating group) is 1. The lowest BCUT2D eigenvalue weighted by molar-refractivity contribution is -0.150. The highest BCUT2D eigenvalue weighted by atomic mass is 16.5. The maximum atomic E-state index is 12.5. The average Bonchev–Trinajstić information content (AvgIpc) is 2.98. The number of ether oxygens (including phenoxy) is 1. The molecule has 3 aliphatic heterocycles. The molecule has 1 amide bonds. The molecule has 0 aromatic rings. The summed E-state index contributed by atoms with van der Waals surface area (Å²) in [6, 6.07) is 0. The number of amides is 1. The number of carbonyl (C=O) groups is 2. The molecule has 2 fully saturated rings. The minimum Gasteiger partial charge on any atom is -0.481 e. The Morgan fingerprint density at radius 3 is 2.26 bits per heavy atom. The van der Waals surface area contributed by atoms with Gasteiger partial charge < -0.3 is 19.6 Å². The number of hydrogen-bond donors (Lipinski definition) is 1. The van der Waals surface area contributed by atoms with Gasteiger partial charge >= 0.3 is 5.97 Å². The van der Waals surface area contributed by atoms with Gasteiger partial charge in [0, 0.05) is 26.2 Å². The molecule has 3 heterocycles. The molecule has 0 radical (unpaired) electrons. The van der Waals surface area contributed by atoms with Crippen molar-refractivity contribution < 1.29 is 19.4 Å². The average molecular weight is 266 g/mol. The number of carboxylic acid groups (broad SMARTS) is 1. The molecule has 2 saturated heterocycles. The molecule has 104 valence electrons. The number of fused-ring (bicyclic) bond motifs is 2. The van der Waals surface area contributed by atoms with E-state index >= 15 is 0 Å². The number of aliphatic carboxylic acids is 1. The molecule has 0 unspecified atom stereocenters. The maximum Gasteiger partial charge on any atom is 0.310 e. The van der Waals surface area contributed by atoms with Gasteiger partial charge in [-0.25, -0.2) is 0 Å². The highest BCUT2D eigenvalue weighted by molar-refractivity contribution is 5.87. The predicted octanol–water partition coefficient (Wildman–Crippen LogP) is -0.585. The van der Waals surface area contributed by atoms with Crippen molar-refractivity contribution >= 4 is 11.9 Å². The molecule has 6 heteroatoms. The van der Waals surface area contributed by atoms with Crippen molar-refractivity contribution in [2.75, 3.05) is 33.2 Å². The summed E-state index contributed by atoms with van der Waals surface area (Å²) in [7, 11) is 2.02. The SMILES string of the molecule is CN1CCN(C(=O)[C@H]2[C@@H](C(=O)O)[C@H]3C=C[C@@H]2O3)CC1. The molecule has 19 heavy (non-hydrogen) atoms. The van der Waals surface area contributed by atoms with Crippen molar-refractivity contribution in [1.82, 2.24) is 9.80 Å². The summed E-state index contributed by atoms with van der Waals surface area (Å²) < 4.78 is 5.54. The first-order chi connectivity index (χ1) is 9.08. The van der Waals surface area contributed by atoms with Crippen LogP contribution in [0.4, 0.5) is 0 Å². The van der Waals surface area contributed by atoms with Crippen molar-refractivity contribution in [3.8, 4) is 0 Å². The van der Waals surface area contributed by atoms with Crippen LogP contribution in [-0.2, 0) is 14.3 Å². The first kappa shape index (κ1) is 12.6. The maximum absolute atomic E-state index is 12.5. The van der Waals surface area contributed by atoms with Gasteiger partial charge in [-0.3, -0.25) is 9.59 Å². The van der Waals surface area contributed by atoms with E-state index in [1.54, 1.807) is 11.0 Å². The normalized spacial score (nSPS) is 37.8. The molecule has 4 atom stereocenters. The highest BCUT2D eigenvalue weighted by Gasteiger charge is 2.54. The van der Waals surface area contributed by atoms with Gasteiger partial charge in [0.1, 0.15) is 5.92 Å². The van der Waals surface area contributed by atoms with Crippen LogP contribution in [0.25, 0.3) is 0 Å². The fourth-order valence-corrected chi connectivity index (χ4v) is 3.13. The van der Waals surface area contributed by atoms with Crippen LogP contribution in [0.3, 0.4) is 0 Å². The zero-order chi connectivity index (χ0) is 13.6. The molecule has 0 aromatic carbocycles. The number of carboxylic acids is 1. The third kappa shape index (κ3) is 2.04. The number of hydrogen-bond acceptors (Lipinski definition) is 4. The second-order valence-corrected chi connectivity index (χ2v) is 5.47. The van der Waals surface area contributed by atoms with E-state index in [0.717, 1.165) is 13.1 Å². The molecule has 3 aliphatic rings. The molecular formula is C13H18N2O4. The molecular weight excluding hydrogens is 248 g/mol. The minimum absolute atomic E-state index is 0.0719. The summed E-state index contributed by atoms with van der Waals surface area (Å²) in [6.45, 7) is 3.00. The molecule has 3 rings (SSSR count). The monoisotopic (exact) mass is 266 g/mol. The Bertz CT molecular complexity index is 428. The zero-order valence-corrected chi connectivity index (χ0v) is 10.9. The molecule has 2 bridgehead atoms. The highest BCUT2D eigenvalue weighted by Crippen LogP contribution is 2.40. The second-order valence-electron chi connectivity index (χ2n) is 5.47. The summed E-state index contributed by atoms with van der Waals surface area (Å²) in [5.74, 6) is -2.31. The fourth-order valence-electron chi connectivity index (χ4n) is 3.13. The van der Waals surface area contributed by atoms with Crippen LogP contribution in [0.2, 0.25) is 0 Å². The first-order valence-corrected chi connectivity index (χ1v) is 6.62. The van der Waals surface area contributed by atoms with Gasteiger partial charge in [0.15, 0.2) is 0 Å². The largest absolute Gasteiger partial charge is 0.481 e. The van der Waals surface area contributed by atoms with Crippen LogP contribution in [0.1, 0.15) is 0 Å². The molecule has 0 aromatic heterocycles. The van der Waals surface area contributed by atoms with E-state index in [0.29, 0.717) is 13.1 Å². The summed E-state index contributed by atoms with van der Waals surface area (Å²) >= 11 is 0. The third-order valence-electron chi connectivity index (χ3n) is 4.28. The molecule has 0 spiro atoms. The Morgan fingerprint density at radius 1 is 1.11 bits per heavy atom. The minimum atomic E-state index is -0.940. The Balaban J connectivity index is 1.75. The van der Waals surface area contributed by atoms with Crippen LogP contribution in [0.5, 0.6) is 0 Å². The smallest absolute Gasteiger partial charge is 0.310 e. The quantitative estimate of drug-likeness (QED) is 0.677. The lowest BCUT2D eigenvalue weighted by Gasteiger charge is -2.35. The lowest BCUT2D eigenvalue weighted by Crippen LogP contribution is -2.52. The van der Waals surface area contributed by atoms with E-state index in [2.05, 4.69) is 4.90 Å². The standard InChI is InChI=1S/C13H18N2O4/c1-14-4-6-15(7-5-14)12(16)10-8-2-3-9(19-8)11(10)13(17)18/h2-3,8-11H,4-7H2,1H3,(H,17,18)/t8-,9+,10+,11-/m0/s1. The van der Waals surface area contributed by atoms with Gasteiger partial charge in [0.2, 0.25) is 5.91 Å². The molecule has 0 aliphatic carbocycles. The van der Waals surface area contributed by atoms with Crippen LogP contribution in [-0.4, -0.2) is 72.2 Å². The van der Waals surface area contributed by atoms with Crippen LogP contribution in [0.15, 0.2) is 12.2 Å². The Morgan fingerprint density at radius 2 is 1.68 bits per heavy atom. The van der Waals surface area contributed by atoms with Crippen LogP contribution < -0.4 is 0 Å². The molecule has 1 N–H and O–H groups in total. The lowest BCUT2D eigenvalue weighted by atomic mass is 9.82. The van der Waals surface area contributed by atoms with Gasteiger partial charge in [-0.05, 0) is 7.05 Å². The predicted molar refractivity (Wildman–Crippen MR) is 66.5 cm³/mol. The number of carbonyl (C=O) groups excluding carboxylic acids is 1. The van der Waals surface area contributed by atoms with E-state index in [1.807, 2.05) is 13.1 Å². The summed E-state index contributed by atoms with van der Waals surface area (Å²) in [5, 5.41) is 9.30. The van der Waals surface area contributed by atoms with Gasteiger partial charge in [0.25, 0.3) is 0 Å². The zero-order valence-electron chi connectivity index (χ0n) is 10.9. The van der Waals surface area contributed by atoms with E-state index < -0.39 is 23.9 Å². The Kier molecular flexibility index (Phi) is 3.06. The molecule has 6 nitrogen and oxygen atoms in total. The van der Waals surface area contributed by atoms with E-state index in [4.69, 9.17) is 4.74 Å². The van der Waals surface area contributed by atoms with Gasteiger partial charge in [-0.2, -0.15) is 0 Å².